The van der Waals surface area contributed by atoms with Gasteiger partial charge in [-0.2, -0.15) is 0 Å². The quantitative estimate of drug-likeness (QED) is 0.675. The van der Waals surface area contributed by atoms with E-state index in [1.165, 1.54) is 0 Å². The fourth-order valence-electron chi connectivity index (χ4n) is 4.15. The number of likely N-dealkylation sites (N-methyl/N-ethyl adjacent to an activating group) is 1. The zero-order valence-electron chi connectivity index (χ0n) is 12.2. The number of β-amino-alcohol motifs (C(OH)–C–C–N with tert-alkyl or cyclic N) is 1. The number of likely N-dealkylation sites (tertiary alicyclic amines) is 1. The van der Waals surface area contributed by atoms with E-state index in [1.54, 1.807) is 0 Å². The Hall–Kier alpha value is -0.690. The van der Waals surface area contributed by atoms with Gasteiger partial charge >= 0.3 is 0 Å². The maximum atomic E-state index is 12.1. The van der Waals surface area contributed by atoms with Crippen LogP contribution in [0.15, 0.2) is 0 Å². The van der Waals surface area contributed by atoms with Crippen LogP contribution in [0.1, 0.15) is 19.8 Å². The third-order valence-corrected chi connectivity index (χ3v) is 5.08. The molecule has 0 aliphatic carbocycles. The van der Waals surface area contributed by atoms with Crippen LogP contribution in [0.3, 0.4) is 0 Å². The van der Waals surface area contributed by atoms with E-state index in [0.29, 0.717) is 6.54 Å². The van der Waals surface area contributed by atoms with Crippen molar-refractivity contribution in [2.45, 2.75) is 37.5 Å². The van der Waals surface area contributed by atoms with Crippen molar-refractivity contribution in [3.63, 3.8) is 0 Å². The van der Waals surface area contributed by atoms with Crippen LogP contribution in [0, 0.1) is 0 Å². The maximum Gasteiger partial charge on any atom is 0.224 e. The van der Waals surface area contributed by atoms with Crippen LogP contribution in [0.4, 0.5) is 0 Å². The first-order valence-corrected chi connectivity index (χ1v) is 7.64. The van der Waals surface area contributed by atoms with E-state index in [1.807, 2.05) is 4.90 Å². The van der Waals surface area contributed by atoms with Gasteiger partial charge in [0.25, 0.3) is 0 Å². The van der Waals surface area contributed by atoms with E-state index in [2.05, 4.69) is 16.7 Å². The van der Waals surface area contributed by atoms with Crippen molar-refractivity contribution < 1.29 is 15.0 Å². The summed E-state index contributed by atoms with van der Waals surface area (Å²) in [7, 11) is 0. The number of rotatable bonds is 3. The average molecular weight is 283 g/mol. The predicted molar refractivity (Wildman–Crippen MR) is 74.2 cm³/mol. The zero-order valence-corrected chi connectivity index (χ0v) is 12.2. The first-order chi connectivity index (χ1) is 9.58. The van der Waals surface area contributed by atoms with Crippen molar-refractivity contribution in [1.82, 2.24) is 14.7 Å². The van der Waals surface area contributed by atoms with Crippen LogP contribution in [0.5, 0.6) is 0 Å². The summed E-state index contributed by atoms with van der Waals surface area (Å²) in [6.45, 7) is 7.25. The summed E-state index contributed by atoms with van der Waals surface area (Å²) in [5, 5.41) is 18.9. The van der Waals surface area contributed by atoms with Gasteiger partial charge in [0.15, 0.2) is 0 Å². The number of aliphatic hydroxyl groups is 2. The predicted octanol–water partition coefficient (Wildman–Crippen LogP) is -1.28. The van der Waals surface area contributed by atoms with Gasteiger partial charge in [-0.3, -0.25) is 14.6 Å². The largest absolute Gasteiger partial charge is 0.396 e. The molecule has 0 aromatic rings. The molecule has 6 nitrogen and oxygen atoms in total. The fourth-order valence-corrected chi connectivity index (χ4v) is 4.15. The Labute approximate surface area is 119 Å². The molecule has 3 saturated heterocycles. The van der Waals surface area contributed by atoms with E-state index >= 15 is 0 Å². The minimum atomic E-state index is -0.263. The second-order valence-electron chi connectivity index (χ2n) is 6.47. The van der Waals surface area contributed by atoms with Gasteiger partial charge in [-0.15, -0.1) is 0 Å². The lowest BCUT2D eigenvalue weighted by atomic mass is 9.83. The summed E-state index contributed by atoms with van der Waals surface area (Å²) in [5.74, 6) is 0.0443. The molecule has 2 atom stereocenters. The lowest BCUT2D eigenvalue weighted by molar-refractivity contribution is -0.150. The van der Waals surface area contributed by atoms with Gasteiger partial charge in [0.1, 0.15) is 0 Å². The second kappa shape index (κ2) is 5.26. The highest BCUT2D eigenvalue weighted by molar-refractivity contribution is 5.76. The summed E-state index contributed by atoms with van der Waals surface area (Å²) in [5.41, 5.74) is 0.0293. The summed E-state index contributed by atoms with van der Waals surface area (Å²) < 4.78 is 0. The summed E-state index contributed by atoms with van der Waals surface area (Å²) >= 11 is 0. The van der Waals surface area contributed by atoms with Crippen molar-refractivity contribution in [2.24, 2.45) is 0 Å². The van der Waals surface area contributed by atoms with Crippen LogP contribution >= 0.6 is 0 Å². The van der Waals surface area contributed by atoms with E-state index in [9.17, 15) is 9.90 Å². The summed E-state index contributed by atoms with van der Waals surface area (Å²) in [6.07, 6.45) is 0.708. The van der Waals surface area contributed by atoms with E-state index < -0.39 is 0 Å². The monoisotopic (exact) mass is 283 g/mol. The molecule has 6 heteroatoms. The van der Waals surface area contributed by atoms with Crippen molar-refractivity contribution in [2.75, 3.05) is 45.9 Å². The molecular weight excluding hydrogens is 258 g/mol. The van der Waals surface area contributed by atoms with Gasteiger partial charge in [0, 0.05) is 45.2 Å². The highest BCUT2D eigenvalue weighted by Crippen LogP contribution is 2.38. The molecule has 1 spiro atoms. The van der Waals surface area contributed by atoms with E-state index in [-0.39, 0.29) is 36.6 Å². The van der Waals surface area contributed by atoms with E-state index in [0.717, 1.165) is 39.1 Å². The molecule has 2 N–H and O–H groups in total. The molecule has 0 bridgehead atoms. The van der Waals surface area contributed by atoms with Crippen LogP contribution in [0.25, 0.3) is 0 Å². The van der Waals surface area contributed by atoms with Gasteiger partial charge in [0.2, 0.25) is 5.91 Å². The number of aliphatic hydroxyl groups excluding tert-OH is 2. The number of hydrogen-bond donors (Lipinski definition) is 2. The van der Waals surface area contributed by atoms with Crippen molar-refractivity contribution >= 4 is 5.91 Å². The molecule has 0 unspecified atom stereocenters. The smallest absolute Gasteiger partial charge is 0.224 e. The van der Waals surface area contributed by atoms with E-state index in [4.69, 9.17) is 5.11 Å². The first kappa shape index (κ1) is 14.3. The Morgan fingerprint density at radius 3 is 2.70 bits per heavy atom. The summed E-state index contributed by atoms with van der Waals surface area (Å²) in [6, 6.07) is 0.278. The Morgan fingerprint density at radius 1 is 1.30 bits per heavy atom. The van der Waals surface area contributed by atoms with Gasteiger partial charge in [0.05, 0.1) is 18.2 Å². The lowest BCUT2D eigenvalue weighted by Gasteiger charge is -2.61. The number of carbonyl (C=O) groups excluding carboxylic acids is 1. The van der Waals surface area contributed by atoms with Gasteiger partial charge in [-0.05, 0) is 13.0 Å². The maximum absolute atomic E-state index is 12.1. The Kier molecular flexibility index (Phi) is 3.75. The topological polar surface area (TPSA) is 67.2 Å². The van der Waals surface area contributed by atoms with Crippen LogP contribution in [0.2, 0.25) is 0 Å². The standard InChI is InChI=1S/C14H25N3O3/c1-2-15-8-14(9-15)10-16(13(20)3-4-18)6-11-5-12(19)7-17(11)14/h11-12,18-19H,2-10H2,1H3/t11-,12-/m1/s1. The van der Waals surface area contributed by atoms with Crippen molar-refractivity contribution in [1.29, 1.82) is 0 Å². The summed E-state index contributed by atoms with van der Waals surface area (Å²) in [4.78, 5) is 18.8. The number of piperazine rings is 1. The highest BCUT2D eigenvalue weighted by atomic mass is 16.3. The van der Waals surface area contributed by atoms with Gasteiger partial charge in [-0.25, -0.2) is 0 Å². The number of nitrogens with zero attached hydrogens (tertiary/aromatic N) is 3. The van der Waals surface area contributed by atoms with Gasteiger partial charge in [-0.1, -0.05) is 6.92 Å². The SMILES string of the molecule is CCN1CC2(C1)CN(C(=O)CCO)C[C@H]1C[C@@H](O)CN12. The number of amides is 1. The Morgan fingerprint density at radius 2 is 2.05 bits per heavy atom. The van der Waals surface area contributed by atoms with Gasteiger partial charge < -0.3 is 15.1 Å². The number of carbonyl (C=O) groups is 1. The highest BCUT2D eigenvalue weighted by Gasteiger charge is 2.56. The van der Waals surface area contributed by atoms with Crippen LogP contribution in [-0.4, -0.2) is 94.4 Å². The molecule has 3 rings (SSSR count). The molecule has 3 aliphatic rings. The van der Waals surface area contributed by atoms with Crippen LogP contribution < -0.4 is 0 Å². The third-order valence-electron chi connectivity index (χ3n) is 5.08. The average Bonchev–Trinajstić information content (AvgIpc) is 2.75. The first-order valence-electron chi connectivity index (χ1n) is 7.64. The molecule has 0 radical (unpaired) electrons. The lowest BCUT2D eigenvalue weighted by Crippen LogP contribution is -2.78. The third kappa shape index (κ3) is 2.24. The second-order valence-corrected chi connectivity index (χ2v) is 6.47. The fraction of sp³-hybridized carbons (Fsp3) is 0.929. The Bertz CT molecular complexity index is 384. The minimum Gasteiger partial charge on any atom is -0.396 e. The van der Waals surface area contributed by atoms with Crippen molar-refractivity contribution in [3.05, 3.63) is 0 Å². The molecule has 20 heavy (non-hydrogen) atoms. The molecule has 3 aliphatic heterocycles. The number of fused-ring (bicyclic) bond motifs is 2. The van der Waals surface area contributed by atoms with Crippen LogP contribution in [-0.2, 0) is 4.79 Å². The normalized spacial score (nSPS) is 33.2. The number of hydrogen-bond acceptors (Lipinski definition) is 5. The molecule has 0 aromatic carbocycles. The molecule has 3 heterocycles. The molecule has 1 amide bonds. The Balaban J connectivity index is 1.75. The van der Waals surface area contributed by atoms with Crippen molar-refractivity contribution in [3.8, 4) is 0 Å². The zero-order chi connectivity index (χ0) is 14.3. The molecule has 0 aromatic heterocycles. The molecule has 3 fully saturated rings. The molecular formula is C14H25N3O3. The molecule has 114 valence electrons. The minimum absolute atomic E-state index is 0.0293. The molecule has 0 saturated carbocycles.